The maximum atomic E-state index is 13.6. The van der Waals surface area contributed by atoms with E-state index < -0.39 is 15.1 Å². The van der Waals surface area contributed by atoms with Crippen molar-refractivity contribution in [3.63, 3.8) is 0 Å². The van der Waals surface area contributed by atoms with Crippen molar-refractivity contribution >= 4 is 21.1 Å². The molecule has 0 saturated carbocycles. The van der Waals surface area contributed by atoms with Gasteiger partial charge in [0, 0.05) is 46.0 Å². The average Bonchev–Trinajstić information content (AvgIpc) is 3.22. The summed E-state index contributed by atoms with van der Waals surface area (Å²) in [6.45, 7) is 6.39. The lowest BCUT2D eigenvalue weighted by Crippen LogP contribution is -2.48. The molecule has 212 valence electrons. The molecule has 0 radical (unpaired) electrons. The number of nitrogens with zero attached hydrogens (tertiary/aromatic N) is 5. The van der Waals surface area contributed by atoms with Crippen LogP contribution in [0.25, 0.3) is 22.4 Å². The minimum atomic E-state index is -3.84. The standard InChI is InChI=1S/C25H34N6O7S/c1-4-7-18-17-28(3)23-22(18)26-24(27-25(23)32)20-16-19(8-9-21(20)37-5-2)39(35,36)30-13-11-29(12-14-30)10-6-15-38-31(33)34/h8-9,16-17H,4-7,10-15H2,1-3H3,(H,26,27,32). The van der Waals surface area contributed by atoms with Crippen LogP contribution >= 0.6 is 0 Å². The normalized spacial score (nSPS) is 15.1. The lowest BCUT2D eigenvalue weighted by molar-refractivity contribution is -0.757. The molecule has 0 unspecified atom stereocenters. The molecule has 0 spiro atoms. The zero-order chi connectivity index (χ0) is 28.2. The van der Waals surface area contributed by atoms with E-state index in [4.69, 9.17) is 9.72 Å². The highest BCUT2D eigenvalue weighted by atomic mass is 32.2. The molecular formula is C25H34N6O7S. The van der Waals surface area contributed by atoms with Crippen LogP contribution in [0.4, 0.5) is 0 Å². The topological polar surface area (TPSA) is 153 Å². The summed E-state index contributed by atoms with van der Waals surface area (Å²) < 4.78 is 36.1. The largest absolute Gasteiger partial charge is 0.493 e. The van der Waals surface area contributed by atoms with Gasteiger partial charge in [-0.15, -0.1) is 10.1 Å². The van der Waals surface area contributed by atoms with Gasteiger partial charge >= 0.3 is 0 Å². The molecule has 4 rings (SSSR count). The van der Waals surface area contributed by atoms with Crippen molar-refractivity contribution in [1.82, 2.24) is 23.7 Å². The van der Waals surface area contributed by atoms with Crippen molar-refractivity contribution in [1.29, 1.82) is 0 Å². The summed E-state index contributed by atoms with van der Waals surface area (Å²) in [6.07, 6.45) is 4.03. The van der Waals surface area contributed by atoms with E-state index in [1.165, 1.54) is 16.4 Å². The lowest BCUT2D eigenvalue weighted by atomic mass is 10.1. The van der Waals surface area contributed by atoms with Crippen LogP contribution in [-0.4, -0.2) is 83.2 Å². The van der Waals surface area contributed by atoms with E-state index in [1.807, 2.05) is 13.1 Å². The van der Waals surface area contributed by atoms with Gasteiger partial charge in [-0.3, -0.25) is 4.79 Å². The first-order valence-corrected chi connectivity index (χ1v) is 14.4. The van der Waals surface area contributed by atoms with Crippen molar-refractivity contribution in [3.05, 3.63) is 50.4 Å². The fourth-order valence-electron chi connectivity index (χ4n) is 4.86. The molecule has 0 amide bonds. The number of rotatable bonds is 12. The van der Waals surface area contributed by atoms with E-state index in [2.05, 4.69) is 21.6 Å². The van der Waals surface area contributed by atoms with E-state index in [0.29, 0.717) is 55.0 Å². The fourth-order valence-corrected chi connectivity index (χ4v) is 6.31. The van der Waals surface area contributed by atoms with Gasteiger partial charge in [0.2, 0.25) is 10.0 Å². The Morgan fingerprint density at radius 1 is 1.18 bits per heavy atom. The zero-order valence-corrected chi connectivity index (χ0v) is 23.2. The van der Waals surface area contributed by atoms with Crippen LogP contribution in [0.15, 0.2) is 34.1 Å². The predicted molar refractivity (Wildman–Crippen MR) is 145 cm³/mol. The Balaban J connectivity index is 1.61. The van der Waals surface area contributed by atoms with Crippen LogP contribution in [0, 0.1) is 10.1 Å². The monoisotopic (exact) mass is 562 g/mol. The first-order valence-electron chi connectivity index (χ1n) is 13.0. The van der Waals surface area contributed by atoms with Gasteiger partial charge in [-0.25, -0.2) is 13.4 Å². The Labute approximate surface area is 226 Å². The SMILES string of the molecule is CCCc1cn(C)c2c(=O)[nH]c(-c3cc(S(=O)(=O)N4CCN(CCCO[N+](=O)[O-])CC4)ccc3OCC)nc12. The summed E-state index contributed by atoms with van der Waals surface area (Å²) in [6, 6.07) is 4.61. The van der Waals surface area contributed by atoms with Gasteiger partial charge in [-0.2, -0.15) is 4.31 Å². The van der Waals surface area contributed by atoms with Gasteiger partial charge in [0.1, 0.15) is 17.1 Å². The van der Waals surface area contributed by atoms with Crippen molar-refractivity contribution in [2.75, 3.05) is 45.9 Å². The molecule has 0 aliphatic carbocycles. The van der Waals surface area contributed by atoms with Crippen LogP contribution < -0.4 is 10.3 Å². The third kappa shape index (κ3) is 6.23. The van der Waals surface area contributed by atoms with E-state index in [9.17, 15) is 23.3 Å². The molecule has 3 aromatic rings. The Bertz CT molecular complexity index is 1490. The van der Waals surface area contributed by atoms with Gasteiger partial charge in [0.05, 0.1) is 29.2 Å². The molecule has 1 N–H and O–H groups in total. The summed E-state index contributed by atoms with van der Waals surface area (Å²) in [5.74, 6) is 0.673. The highest BCUT2D eigenvalue weighted by Gasteiger charge is 2.29. The van der Waals surface area contributed by atoms with Gasteiger partial charge in [0.15, 0.2) is 0 Å². The fraction of sp³-hybridized carbons (Fsp3) is 0.520. The molecule has 1 fully saturated rings. The second-order valence-electron chi connectivity index (χ2n) is 9.37. The minimum absolute atomic E-state index is 0.00526. The van der Waals surface area contributed by atoms with Crippen molar-refractivity contribution in [3.8, 4) is 17.1 Å². The molecule has 1 saturated heterocycles. The molecule has 3 heterocycles. The Kier molecular flexibility index (Phi) is 8.87. The molecule has 13 nitrogen and oxygen atoms in total. The summed E-state index contributed by atoms with van der Waals surface area (Å²) >= 11 is 0. The molecule has 0 bridgehead atoms. The number of ether oxygens (including phenoxy) is 1. The molecular weight excluding hydrogens is 528 g/mol. The number of hydrogen-bond donors (Lipinski definition) is 1. The van der Waals surface area contributed by atoms with Crippen LogP contribution in [0.5, 0.6) is 5.75 Å². The number of sulfonamides is 1. The molecule has 1 aliphatic rings. The second kappa shape index (κ2) is 12.1. The smallest absolute Gasteiger partial charge is 0.294 e. The molecule has 39 heavy (non-hydrogen) atoms. The highest BCUT2D eigenvalue weighted by Crippen LogP contribution is 2.32. The van der Waals surface area contributed by atoms with Crippen LogP contribution in [0.3, 0.4) is 0 Å². The van der Waals surface area contributed by atoms with E-state index in [1.54, 1.807) is 17.7 Å². The zero-order valence-electron chi connectivity index (χ0n) is 22.4. The summed E-state index contributed by atoms with van der Waals surface area (Å²) in [5.41, 5.74) is 2.09. The molecule has 1 aliphatic heterocycles. The Morgan fingerprint density at radius 2 is 1.92 bits per heavy atom. The van der Waals surface area contributed by atoms with Gasteiger partial charge in [-0.1, -0.05) is 13.3 Å². The third-order valence-corrected chi connectivity index (χ3v) is 8.61. The van der Waals surface area contributed by atoms with Crippen LogP contribution in [0.2, 0.25) is 0 Å². The summed E-state index contributed by atoms with van der Waals surface area (Å²) in [4.78, 5) is 37.4. The first kappa shape index (κ1) is 28.5. The van der Waals surface area contributed by atoms with Crippen LogP contribution in [-0.2, 0) is 28.3 Å². The number of nitrogens with one attached hydrogen (secondary N) is 1. The average molecular weight is 563 g/mol. The number of piperazine rings is 1. The van der Waals surface area contributed by atoms with Crippen molar-refractivity contribution in [2.24, 2.45) is 7.05 Å². The van der Waals surface area contributed by atoms with Crippen molar-refractivity contribution in [2.45, 2.75) is 38.0 Å². The highest BCUT2D eigenvalue weighted by molar-refractivity contribution is 7.89. The Morgan fingerprint density at radius 3 is 2.59 bits per heavy atom. The molecule has 1 aromatic carbocycles. The summed E-state index contributed by atoms with van der Waals surface area (Å²) in [7, 11) is -2.03. The van der Waals surface area contributed by atoms with Crippen molar-refractivity contribution < 1.29 is 23.1 Å². The summed E-state index contributed by atoms with van der Waals surface area (Å²) in [5, 5.41) is 9.48. The van der Waals surface area contributed by atoms with Crippen LogP contribution in [0.1, 0.15) is 32.3 Å². The number of H-pyrrole nitrogens is 1. The number of aromatic nitrogens is 3. The van der Waals surface area contributed by atoms with E-state index in [-0.39, 0.29) is 36.0 Å². The quantitative estimate of drug-likeness (QED) is 0.199. The third-order valence-electron chi connectivity index (χ3n) is 6.71. The minimum Gasteiger partial charge on any atom is -0.493 e. The van der Waals surface area contributed by atoms with E-state index >= 15 is 0 Å². The lowest BCUT2D eigenvalue weighted by Gasteiger charge is -2.34. The maximum Gasteiger partial charge on any atom is 0.294 e. The molecule has 14 heteroatoms. The first-order chi connectivity index (χ1) is 18.6. The van der Waals surface area contributed by atoms with E-state index in [0.717, 1.165) is 18.4 Å². The molecule has 0 atom stereocenters. The van der Waals surface area contributed by atoms with Gasteiger partial charge in [0.25, 0.3) is 10.6 Å². The number of fused-ring (bicyclic) bond motifs is 1. The second-order valence-corrected chi connectivity index (χ2v) is 11.3. The number of aryl methyl sites for hydroxylation is 2. The van der Waals surface area contributed by atoms with Gasteiger partial charge < -0.3 is 24.0 Å². The number of benzene rings is 1. The molecule has 2 aromatic heterocycles. The number of aromatic amines is 1. The maximum absolute atomic E-state index is 13.6. The van der Waals surface area contributed by atoms with Gasteiger partial charge in [-0.05, 0) is 43.5 Å². The predicted octanol–water partition coefficient (Wildman–Crippen LogP) is 2.18. The number of hydrogen-bond acceptors (Lipinski definition) is 9. The Hall–Kier alpha value is -3.49.